The van der Waals surface area contributed by atoms with Crippen molar-refractivity contribution >= 4 is 51.7 Å². The number of thioether (sulfide) groups is 1. The van der Waals surface area contributed by atoms with Gasteiger partial charge in [-0.25, -0.2) is 4.79 Å². The molecule has 6 heteroatoms. The van der Waals surface area contributed by atoms with Crippen molar-refractivity contribution in [2.45, 2.75) is 4.90 Å². The maximum Gasteiger partial charge on any atom is 0.339 e. The van der Waals surface area contributed by atoms with Crippen LogP contribution in [0.25, 0.3) is 10.8 Å². The Bertz CT molecular complexity index is 969. The first-order chi connectivity index (χ1) is 12.6. The van der Waals surface area contributed by atoms with Crippen molar-refractivity contribution in [3.63, 3.8) is 0 Å². The molecule has 0 aliphatic carbocycles. The van der Waals surface area contributed by atoms with Crippen LogP contribution in [0.15, 0.2) is 65.6 Å². The molecule has 132 valence electrons. The lowest BCUT2D eigenvalue weighted by Crippen LogP contribution is -2.14. The number of carbonyl (C=O) groups excluding carboxylic acids is 2. The third-order valence-electron chi connectivity index (χ3n) is 3.76. The average Bonchev–Trinajstić information content (AvgIpc) is 2.67. The number of hydrogen-bond acceptors (Lipinski definition) is 4. The Kier molecular flexibility index (Phi) is 5.81. The minimum absolute atomic E-state index is 0.166. The summed E-state index contributed by atoms with van der Waals surface area (Å²) in [6.07, 6.45) is 0. The Morgan fingerprint density at radius 2 is 1.85 bits per heavy atom. The van der Waals surface area contributed by atoms with E-state index in [0.717, 1.165) is 15.7 Å². The predicted molar refractivity (Wildman–Crippen MR) is 106 cm³/mol. The predicted octanol–water partition coefficient (Wildman–Crippen LogP) is 5.01. The topological polar surface area (TPSA) is 55.4 Å². The van der Waals surface area contributed by atoms with Crippen molar-refractivity contribution in [1.82, 2.24) is 0 Å². The molecule has 3 rings (SSSR count). The molecule has 0 aliphatic heterocycles. The first kappa shape index (κ1) is 18.3. The minimum Gasteiger partial charge on any atom is -0.465 e. The molecular weight excluding hydrogens is 370 g/mol. The van der Waals surface area contributed by atoms with Crippen LogP contribution in [0.4, 0.5) is 5.69 Å². The SMILES string of the molecule is COC(=O)c1cc(NC(=O)CSc2cccc3ccccc23)ccc1Cl. The van der Waals surface area contributed by atoms with Crippen molar-refractivity contribution in [2.24, 2.45) is 0 Å². The first-order valence-corrected chi connectivity index (χ1v) is 9.23. The number of hydrogen-bond donors (Lipinski definition) is 1. The summed E-state index contributed by atoms with van der Waals surface area (Å²) in [5.74, 6) is -0.457. The van der Waals surface area contributed by atoms with E-state index in [0.29, 0.717) is 5.69 Å². The zero-order chi connectivity index (χ0) is 18.5. The fraction of sp³-hybridized carbons (Fsp3) is 0.100. The number of anilines is 1. The van der Waals surface area contributed by atoms with E-state index in [9.17, 15) is 9.59 Å². The van der Waals surface area contributed by atoms with Gasteiger partial charge in [0.05, 0.1) is 23.4 Å². The van der Waals surface area contributed by atoms with Crippen molar-refractivity contribution in [3.8, 4) is 0 Å². The quantitative estimate of drug-likeness (QED) is 0.495. The second-order valence-electron chi connectivity index (χ2n) is 5.50. The molecule has 1 N–H and O–H groups in total. The number of esters is 1. The van der Waals surface area contributed by atoms with Crippen molar-refractivity contribution in [1.29, 1.82) is 0 Å². The molecule has 0 fully saturated rings. The number of benzene rings is 3. The molecular formula is C20H16ClNO3S. The summed E-state index contributed by atoms with van der Waals surface area (Å²) < 4.78 is 4.68. The molecule has 26 heavy (non-hydrogen) atoms. The van der Waals surface area contributed by atoms with Crippen molar-refractivity contribution < 1.29 is 14.3 Å². The number of halogens is 1. The van der Waals surface area contributed by atoms with Gasteiger partial charge in [-0.15, -0.1) is 11.8 Å². The molecule has 3 aromatic carbocycles. The summed E-state index contributed by atoms with van der Waals surface area (Å²) in [5, 5.41) is 5.31. The number of methoxy groups -OCH3 is 1. The maximum atomic E-state index is 12.3. The molecule has 0 spiro atoms. The van der Waals surface area contributed by atoms with Gasteiger partial charge in [0.25, 0.3) is 0 Å². The van der Waals surface area contributed by atoms with Gasteiger partial charge in [-0.3, -0.25) is 4.79 Å². The van der Waals surface area contributed by atoms with Gasteiger partial charge < -0.3 is 10.1 Å². The number of rotatable bonds is 5. The molecule has 0 saturated heterocycles. The summed E-state index contributed by atoms with van der Waals surface area (Å²) in [6.45, 7) is 0. The minimum atomic E-state index is -0.545. The van der Waals surface area contributed by atoms with E-state index in [1.54, 1.807) is 12.1 Å². The van der Waals surface area contributed by atoms with Crippen molar-refractivity contribution in [2.75, 3.05) is 18.2 Å². The molecule has 0 heterocycles. The molecule has 0 radical (unpaired) electrons. The summed E-state index contributed by atoms with van der Waals surface area (Å²) >= 11 is 7.45. The third-order valence-corrected chi connectivity index (χ3v) is 5.17. The lowest BCUT2D eigenvalue weighted by atomic mass is 10.1. The Labute approximate surface area is 160 Å². The molecule has 0 saturated carbocycles. The van der Waals surface area contributed by atoms with E-state index in [4.69, 9.17) is 11.6 Å². The highest BCUT2D eigenvalue weighted by Gasteiger charge is 2.13. The average molecular weight is 386 g/mol. The zero-order valence-electron chi connectivity index (χ0n) is 14.0. The van der Waals surface area contributed by atoms with Gasteiger partial charge >= 0.3 is 5.97 Å². The van der Waals surface area contributed by atoms with Crippen LogP contribution in [-0.2, 0) is 9.53 Å². The summed E-state index contributed by atoms with van der Waals surface area (Å²) in [5.41, 5.74) is 0.715. The molecule has 1 amide bonds. The van der Waals surface area contributed by atoms with Gasteiger partial charge in [0.1, 0.15) is 0 Å². The smallest absolute Gasteiger partial charge is 0.339 e. The summed E-state index contributed by atoms with van der Waals surface area (Å²) in [7, 11) is 1.28. The van der Waals surface area contributed by atoms with Crippen LogP contribution in [0.5, 0.6) is 0 Å². The van der Waals surface area contributed by atoms with Crippen LogP contribution in [0.1, 0.15) is 10.4 Å². The summed E-state index contributed by atoms with van der Waals surface area (Å²) in [6, 6.07) is 18.8. The first-order valence-electron chi connectivity index (χ1n) is 7.87. The number of ether oxygens (including phenoxy) is 1. The van der Waals surface area contributed by atoms with Crippen LogP contribution < -0.4 is 5.32 Å². The van der Waals surface area contributed by atoms with E-state index in [2.05, 4.69) is 10.1 Å². The summed E-state index contributed by atoms with van der Waals surface area (Å²) in [4.78, 5) is 25.0. The van der Waals surface area contributed by atoms with Crippen LogP contribution in [0, 0.1) is 0 Å². The zero-order valence-corrected chi connectivity index (χ0v) is 15.6. The van der Waals surface area contributed by atoms with Crippen LogP contribution in [0.2, 0.25) is 5.02 Å². The fourth-order valence-corrected chi connectivity index (χ4v) is 3.60. The number of fused-ring (bicyclic) bond motifs is 1. The maximum absolute atomic E-state index is 12.3. The van der Waals surface area contributed by atoms with Crippen LogP contribution in [-0.4, -0.2) is 24.7 Å². The Balaban J connectivity index is 1.69. The van der Waals surface area contributed by atoms with E-state index in [1.165, 1.54) is 24.9 Å². The second-order valence-corrected chi connectivity index (χ2v) is 6.92. The van der Waals surface area contributed by atoms with Gasteiger partial charge in [0, 0.05) is 10.6 Å². The molecule has 4 nitrogen and oxygen atoms in total. The third kappa shape index (κ3) is 4.18. The van der Waals surface area contributed by atoms with E-state index in [-0.39, 0.29) is 22.2 Å². The Morgan fingerprint density at radius 3 is 2.65 bits per heavy atom. The van der Waals surface area contributed by atoms with Crippen molar-refractivity contribution in [3.05, 3.63) is 71.2 Å². The molecule has 0 bridgehead atoms. The largest absolute Gasteiger partial charge is 0.465 e. The molecule has 3 aromatic rings. The normalized spacial score (nSPS) is 10.5. The van der Waals surface area contributed by atoms with Gasteiger partial charge in [-0.2, -0.15) is 0 Å². The highest BCUT2D eigenvalue weighted by atomic mass is 35.5. The van der Waals surface area contributed by atoms with Gasteiger partial charge in [0.2, 0.25) is 5.91 Å². The van der Waals surface area contributed by atoms with Gasteiger partial charge in [-0.05, 0) is 35.0 Å². The van der Waals surface area contributed by atoms with Crippen LogP contribution in [0.3, 0.4) is 0 Å². The van der Waals surface area contributed by atoms with E-state index < -0.39 is 5.97 Å². The Hall–Kier alpha value is -2.50. The van der Waals surface area contributed by atoms with Crippen LogP contribution >= 0.6 is 23.4 Å². The van der Waals surface area contributed by atoms with Gasteiger partial charge in [0.15, 0.2) is 0 Å². The molecule has 0 aliphatic rings. The highest BCUT2D eigenvalue weighted by molar-refractivity contribution is 8.00. The van der Waals surface area contributed by atoms with E-state index >= 15 is 0 Å². The number of amides is 1. The molecule has 0 unspecified atom stereocenters. The second kappa shape index (κ2) is 8.25. The lowest BCUT2D eigenvalue weighted by molar-refractivity contribution is -0.113. The fourth-order valence-electron chi connectivity index (χ4n) is 2.53. The number of carbonyl (C=O) groups is 2. The highest BCUT2D eigenvalue weighted by Crippen LogP contribution is 2.28. The number of nitrogens with one attached hydrogen (secondary N) is 1. The lowest BCUT2D eigenvalue weighted by Gasteiger charge is -2.09. The monoisotopic (exact) mass is 385 g/mol. The standard InChI is InChI=1S/C20H16ClNO3S/c1-25-20(24)16-11-14(9-10-17(16)21)22-19(23)12-26-18-8-4-6-13-5-2-3-7-15(13)18/h2-11H,12H2,1H3,(H,22,23). The molecule has 0 atom stereocenters. The van der Waals surface area contributed by atoms with E-state index in [1.807, 2.05) is 42.5 Å². The Morgan fingerprint density at radius 1 is 1.08 bits per heavy atom. The molecule has 0 aromatic heterocycles. The van der Waals surface area contributed by atoms with Gasteiger partial charge in [-0.1, -0.05) is 48.0 Å².